The van der Waals surface area contributed by atoms with Gasteiger partial charge < -0.3 is 9.84 Å². The van der Waals surface area contributed by atoms with Crippen molar-refractivity contribution in [2.24, 2.45) is 0 Å². The van der Waals surface area contributed by atoms with Crippen molar-refractivity contribution < 1.29 is 19.4 Å². The van der Waals surface area contributed by atoms with Gasteiger partial charge >= 0.3 is 5.97 Å². The number of aromatic nitrogens is 2. The number of para-hydroxylation sites is 1. The van der Waals surface area contributed by atoms with Crippen LogP contribution in [-0.2, 0) is 4.74 Å². The Balaban J connectivity index is 2.09. The number of phenolic OH excluding ortho intramolecular Hbond substituents is 1. The minimum atomic E-state index is -0.717. The van der Waals surface area contributed by atoms with E-state index in [9.17, 15) is 19.5 Å². The van der Waals surface area contributed by atoms with Crippen LogP contribution in [0, 0.1) is 13.8 Å². The second kappa shape index (κ2) is 6.82. The number of esters is 1. The second-order valence-electron chi connectivity index (χ2n) is 6.55. The van der Waals surface area contributed by atoms with Crippen LogP contribution in [-0.4, -0.2) is 33.4 Å². The molecule has 0 aliphatic rings. The Morgan fingerprint density at radius 3 is 2.59 bits per heavy atom. The zero-order valence-corrected chi connectivity index (χ0v) is 16.7. The number of methoxy groups -OCH3 is 1. The molecule has 3 heterocycles. The van der Waals surface area contributed by atoms with Crippen LogP contribution in [0.25, 0.3) is 15.9 Å². The Kier molecular flexibility index (Phi) is 4.43. The van der Waals surface area contributed by atoms with Gasteiger partial charge in [-0.1, -0.05) is 12.1 Å². The summed E-state index contributed by atoms with van der Waals surface area (Å²) in [6.45, 7) is 3.73. The number of aryl methyl sites for hydroxylation is 2. The Hall–Kier alpha value is -3.52. The van der Waals surface area contributed by atoms with Gasteiger partial charge in [0, 0.05) is 16.6 Å². The van der Waals surface area contributed by atoms with Crippen molar-refractivity contribution in [2.75, 3.05) is 7.11 Å². The van der Waals surface area contributed by atoms with E-state index in [2.05, 4.69) is 4.98 Å². The first-order valence-corrected chi connectivity index (χ1v) is 9.52. The third kappa shape index (κ3) is 2.89. The van der Waals surface area contributed by atoms with Crippen LogP contribution < -0.4 is 5.56 Å². The van der Waals surface area contributed by atoms with E-state index in [0.29, 0.717) is 10.2 Å². The first kappa shape index (κ1) is 18.8. The predicted octanol–water partition coefficient (Wildman–Crippen LogP) is 3.25. The molecule has 0 saturated heterocycles. The summed E-state index contributed by atoms with van der Waals surface area (Å²) in [5.41, 5.74) is 0.679. The lowest BCUT2D eigenvalue weighted by Crippen LogP contribution is -2.20. The molecule has 0 amide bonds. The number of phenols is 1. The average Bonchev–Trinajstić information content (AvgIpc) is 3.00. The molecule has 1 aromatic carbocycles. The molecular formula is C21H16N2O5S. The van der Waals surface area contributed by atoms with E-state index in [1.165, 1.54) is 47.2 Å². The van der Waals surface area contributed by atoms with Crippen molar-refractivity contribution >= 4 is 39.0 Å². The molecule has 0 bridgehead atoms. The quantitative estimate of drug-likeness (QED) is 0.413. The van der Waals surface area contributed by atoms with Crippen molar-refractivity contribution in [1.29, 1.82) is 0 Å². The fraction of sp³-hybridized carbons (Fsp3) is 0.143. The Morgan fingerprint density at radius 1 is 1.17 bits per heavy atom. The summed E-state index contributed by atoms with van der Waals surface area (Å²) in [5.74, 6) is -1.44. The van der Waals surface area contributed by atoms with Crippen molar-refractivity contribution in [3.8, 4) is 5.75 Å². The number of fused-ring (bicyclic) bond motifs is 2. The van der Waals surface area contributed by atoms with E-state index in [0.717, 1.165) is 10.4 Å². The molecule has 1 N–H and O–H groups in total. The van der Waals surface area contributed by atoms with E-state index in [1.54, 1.807) is 12.1 Å². The molecule has 3 aromatic heterocycles. The first-order chi connectivity index (χ1) is 13.8. The first-order valence-electron chi connectivity index (χ1n) is 8.70. The molecule has 0 aliphatic carbocycles. The van der Waals surface area contributed by atoms with Crippen LogP contribution in [0.5, 0.6) is 5.75 Å². The van der Waals surface area contributed by atoms with Crippen LogP contribution in [0.4, 0.5) is 0 Å². The van der Waals surface area contributed by atoms with Gasteiger partial charge in [-0.05, 0) is 37.6 Å². The second-order valence-corrected chi connectivity index (χ2v) is 7.76. The highest BCUT2D eigenvalue weighted by molar-refractivity contribution is 7.18. The van der Waals surface area contributed by atoms with E-state index >= 15 is 0 Å². The number of nitrogens with zero attached hydrogens (tertiary/aromatic N) is 2. The summed E-state index contributed by atoms with van der Waals surface area (Å²) in [6, 6.07) is 7.41. The van der Waals surface area contributed by atoms with E-state index in [4.69, 9.17) is 4.74 Å². The maximum atomic E-state index is 13.2. The molecule has 0 saturated carbocycles. The number of ketones is 1. The lowest BCUT2D eigenvalue weighted by Gasteiger charge is -2.10. The number of thiophene rings is 1. The fourth-order valence-electron chi connectivity index (χ4n) is 3.22. The van der Waals surface area contributed by atoms with Crippen molar-refractivity contribution in [3.05, 3.63) is 74.0 Å². The van der Waals surface area contributed by atoms with Crippen LogP contribution in [0.15, 0.2) is 41.3 Å². The summed E-state index contributed by atoms with van der Waals surface area (Å²) in [5, 5.41) is 10.5. The number of hydrogen-bond acceptors (Lipinski definition) is 7. The zero-order chi connectivity index (χ0) is 20.9. The summed E-state index contributed by atoms with van der Waals surface area (Å²) in [7, 11) is 1.21. The van der Waals surface area contributed by atoms with Gasteiger partial charge in [-0.15, -0.1) is 11.3 Å². The number of rotatable bonds is 3. The highest BCUT2D eigenvalue weighted by Gasteiger charge is 2.22. The number of carbonyl (C=O) groups is 2. The molecule has 0 radical (unpaired) electrons. The topological polar surface area (TPSA) is 98.0 Å². The molecule has 29 heavy (non-hydrogen) atoms. The van der Waals surface area contributed by atoms with Crippen LogP contribution >= 0.6 is 11.3 Å². The van der Waals surface area contributed by atoms with Crippen molar-refractivity contribution in [1.82, 2.24) is 9.38 Å². The molecule has 7 nitrogen and oxygen atoms in total. The number of carbonyl (C=O) groups excluding carboxylic acids is 2. The van der Waals surface area contributed by atoms with E-state index < -0.39 is 11.8 Å². The third-order valence-electron chi connectivity index (χ3n) is 4.86. The molecule has 0 aliphatic heterocycles. The molecule has 8 heteroatoms. The fourth-order valence-corrected chi connectivity index (χ4v) is 4.24. The van der Waals surface area contributed by atoms with E-state index in [-0.39, 0.29) is 33.6 Å². The number of ether oxygens (including phenoxy) is 1. The Morgan fingerprint density at radius 2 is 1.90 bits per heavy atom. The van der Waals surface area contributed by atoms with Gasteiger partial charge in [0.15, 0.2) is 11.4 Å². The lowest BCUT2D eigenvalue weighted by atomic mass is 10.0. The normalized spacial score (nSPS) is 11.1. The Labute approximate surface area is 168 Å². The predicted molar refractivity (Wildman–Crippen MR) is 109 cm³/mol. The smallest absolute Gasteiger partial charge is 0.341 e. The highest BCUT2D eigenvalue weighted by Crippen LogP contribution is 2.28. The zero-order valence-electron chi connectivity index (χ0n) is 15.8. The van der Waals surface area contributed by atoms with Crippen molar-refractivity contribution in [3.63, 3.8) is 0 Å². The van der Waals surface area contributed by atoms with E-state index in [1.807, 2.05) is 13.8 Å². The van der Waals surface area contributed by atoms with Crippen LogP contribution in [0.1, 0.15) is 36.7 Å². The standard InChI is InChI=1S/C21H16N2O5S/c1-10-11(2)29-19-16(10)20(26)23-9-12(8-14(18(23)22-19)21(27)28-3)17(25)13-6-4-5-7-15(13)24/h4-9,24H,1-3H3. The molecule has 0 unspecified atom stereocenters. The minimum absolute atomic E-state index is 0.00326. The summed E-state index contributed by atoms with van der Waals surface area (Å²) in [4.78, 5) is 44.5. The lowest BCUT2D eigenvalue weighted by molar-refractivity contribution is 0.0602. The maximum Gasteiger partial charge on any atom is 0.341 e. The molecule has 0 fully saturated rings. The summed E-state index contributed by atoms with van der Waals surface area (Å²) < 4.78 is 6.03. The number of aromatic hydroxyl groups is 1. The highest BCUT2D eigenvalue weighted by atomic mass is 32.1. The van der Waals surface area contributed by atoms with Gasteiger partial charge in [0.25, 0.3) is 5.56 Å². The monoisotopic (exact) mass is 408 g/mol. The molecule has 4 aromatic rings. The SMILES string of the molecule is COC(=O)c1cc(C(=O)c2ccccc2O)cn2c(=O)c3c(C)c(C)sc3nc12. The van der Waals surface area contributed by atoms with Gasteiger partial charge in [0.1, 0.15) is 16.1 Å². The van der Waals surface area contributed by atoms with Crippen LogP contribution in [0.2, 0.25) is 0 Å². The third-order valence-corrected chi connectivity index (χ3v) is 5.96. The summed E-state index contributed by atoms with van der Waals surface area (Å²) >= 11 is 1.37. The molecule has 146 valence electrons. The number of hydrogen-bond donors (Lipinski definition) is 1. The van der Waals surface area contributed by atoms with Gasteiger partial charge in [-0.2, -0.15) is 0 Å². The van der Waals surface area contributed by atoms with Gasteiger partial charge in [-0.25, -0.2) is 9.78 Å². The number of benzene rings is 1. The van der Waals surface area contributed by atoms with Gasteiger partial charge in [0.05, 0.1) is 18.1 Å². The number of pyridine rings is 1. The van der Waals surface area contributed by atoms with Gasteiger partial charge in [0.2, 0.25) is 0 Å². The molecule has 0 spiro atoms. The maximum absolute atomic E-state index is 13.2. The average molecular weight is 408 g/mol. The Bertz CT molecular complexity index is 1380. The molecule has 4 rings (SSSR count). The summed E-state index contributed by atoms with van der Waals surface area (Å²) in [6.07, 6.45) is 1.34. The minimum Gasteiger partial charge on any atom is -0.507 e. The molecule has 0 atom stereocenters. The molecular weight excluding hydrogens is 392 g/mol. The van der Waals surface area contributed by atoms with Gasteiger partial charge in [-0.3, -0.25) is 14.0 Å². The van der Waals surface area contributed by atoms with Crippen LogP contribution in [0.3, 0.4) is 0 Å². The van der Waals surface area contributed by atoms with Crippen molar-refractivity contribution in [2.45, 2.75) is 13.8 Å². The largest absolute Gasteiger partial charge is 0.507 e.